The van der Waals surface area contributed by atoms with E-state index in [9.17, 15) is 14.0 Å². The number of rotatable bonds is 4. The number of anilines is 2. The van der Waals surface area contributed by atoms with Crippen molar-refractivity contribution in [1.29, 1.82) is 0 Å². The molecule has 8 heteroatoms. The molecule has 3 aromatic rings. The standard InChI is InChI=1S/C18H18FN5O2/c1-10(2)20-18(26)21-12-6-3-5-11(9-12)17(25)22-16-15-13(19)7-4-8-14(15)23-24-16/h3-10H,1-2H3,(H2,20,21,26)(H2,22,23,24,25). The van der Waals surface area contributed by atoms with Crippen LogP contribution in [0.4, 0.5) is 20.7 Å². The van der Waals surface area contributed by atoms with Crippen LogP contribution in [-0.2, 0) is 0 Å². The lowest BCUT2D eigenvalue weighted by molar-refractivity contribution is 0.102. The van der Waals surface area contributed by atoms with Gasteiger partial charge >= 0.3 is 6.03 Å². The summed E-state index contributed by atoms with van der Waals surface area (Å²) in [7, 11) is 0. The number of hydrogen-bond donors (Lipinski definition) is 4. The minimum absolute atomic E-state index is 0.00989. The summed E-state index contributed by atoms with van der Waals surface area (Å²) in [4.78, 5) is 24.2. The third-order valence-electron chi connectivity index (χ3n) is 3.57. The van der Waals surface area contributed by atoms with Crippen molar-refractivity contribution in [2.24, 2.45) is 0 Å². The highest BCUT2D eigenvalue weighted by atomic mass is 19.1. The number of amides is 3. The fourth-order valence-electron chi connectivity index (χ4n) is 2.47. The fraction of sp³-hybridized carbons (Fsp3) is 0.167. The van der Waals surface area contributed by atoms with Crippen molar-refractivity contribution >= 4 is 34.3 Å². The second-order valence-corrected chi connectivity index (χ2v) is 6.02. The number of nitrogens with zero attached hydrogens (tertiary/aromatic N) is 1. The van der Waals surface area contributed by atoms with Crippen LogP contribution in [0.2, 0.25) is 0 Å². The minimum atomic E-state index is -0.479. The van der Waals surface area contributed by atoms with Crippen molar-refractivity contribution in [3.05, 3.63) is 53.8 Å². The lowest BCUT2D eigenvalue weighted by atomic mass is 10.2. The highest BCUT2D eigenvalue weighted by molar-refractivity contribution is 6.08. The monoisotopic (exact) mass is 355 g/mol. The molecule has 2 aromatic carbocycles. The summed E-state index contributed by atoms with van der Waals surface area (Å²) in [5.74, 6) is -0.832. The van der Waals surface area contributed by atoms with Crippen molar-refractivity contribution in [1.82, 2.24) is 15.5 Å². The van der Waals surface area contributed by atoms with Crippen molar-refractivity contribution < 1.29 is 14.0 Å². The zero-order valence-electron chi connectivity index (χ0n) is 14.3. The van der Waals surface area contributed by atoms with E-state index in [1.807, 2.05) is 13.8 Å². The molecule has 0 atom stereocenters. The number of urea groups is 1. The van der Waals surface area contributed by atoms with Crippen LogP contribution in [-0.4, -0.2) is 28.2 Å². The Bertz CT molecular complexity index is 967. The molecule has 3 rings (SSSR count). The summed E-state index contributed by atoms with van der Waals surface area (Å²) in [6.45, 7) is 3.69. The van der Waals surface area contributed by atoms with Gasteiger partial charge in [-0.15, -0.1) is 0 Å². The van der Waals surface area contributed by atoms with Crippen LogP contribution in [0.1, 0.15) is 24.2 Å². The number of aromatic nitrogens is 2. The van der Waals surface area contributed by atoms with Gasteiger partial charge in [-0.25, -0.2) is 9.18 Å². The van der Waals surface area contributed by atoms with E-state index in [1.54, 1.807) is 30.3 Å². The van der Waals surface area contributed by atoms with Gasteiger partial charge in [0.1, 0.15) is 5.82 Å². The molecule has 0 radical (unpaired) electrons. The molecule has 1 heterocycles. The van der Waals surface area contributed by atoms with E-state index < -0.39 is 11.7 Å². The third-order valence-corrected chi connectivity index (χ3v) is 3.57. The second kappa shape index (κ2) is 7.22. The summed E-state index contributed by atoms with van der Waals surface area (Å²) in [6, 6.07) is 10.6. The van der Waals surface area contributed by atoms with Crippen LogP contribution in [0, 0.1) is 5.82 Å². The van der Waals surface area contributed by atoms with Crippen molar-refractivity contribution in [3.63, 3.8) is 0 Å². The maximum Gasteiger partial charge on any atom is 0.319 e. The predicted octanol–water partition coefficient (Wildman–Crippen LogP) is 3.48. The normalized spacial score (nSPS) is 10.8. The van der Waals surface area contributed by atoms with E-state index in [2.05, 4.69) is 26.1 Å². The Labute approximate surface area is 149 Å². The van der Waals surface area contributed by atoms with Crippen molar-refractivity contribution in [3.8, 4) is 0 Å². The Morgan fingerprint density at radius 3 is 2.65 bits per heavy atom. The van der Waals surface area contributed by atoms with Crippen LogP contribution < -0.4 is 16.0 Å². The van der Waals surface area contributed by atoms with Gasteiger partial charge in [0.2, 0.25) is 0 Å². The third kappa shape index (κ3) is 3.80. The lowest BCUT2D eigenvalue weighted by Crippen LogP contribution is -2.34. The number of nitrogens with one attached hydrogen (secondary N) is 4. The van der Waals surface area contributed by atoms with Gasteiger partial charge in [-0.3, -0.25) is 9.89 Å². The molecule has 0 spiro atoms. The Kier molecular flexibility index (Phi) is 4.83. The molecule has 26 heavy (non-hydrogen) atoms. The van der Waals surface area contributed by atoms with Gasteiger partial charge in [-0.05, 0) is 44.2 Å². The summed E-state index contributed by atoms with van der Waals surface area (Å²) in [5.41, 5.74) is 1.26. The fourth-order valence-corrected chi connectivity index (χ4v) is 2.47. The van der Waals surface area contributed by atoms with E-state index >= 15 is 0 Å². The molecule has 3 amide bonds. The molecule has 0 saturated carbocycles. The molecule has 7 nitrogen and oxygen atoms in total. The van der Waals surface area contributed by atoms with Crippen LogP contribution in [0.3, 0.4) is 0 Å². The molecule has 0 aliphatic carbocycles. The molecule has 4 N–H and O–H groups in total. The Hall–Kier alpha value is -3.42. The first-order chi connectivity index (χ1) is 12.4. The van der Waals surface area contributed by atoms with Gasteiger partial charge in [0.15, 0.2) is 5.82 Å². The molecule has 134 valence electrons. The zero-order chi connectivity index (χ0) is 18.7. The molecule has 0 unspecified atom stereocenters. The van der Waals surface area contributed by atoms with Gasteiger partial charge in [0, 0.05) is 17.3 Å². The second-order valence-electron chi connectivity index (χ2n) is 6.02. The Morgan fingerprint density at radius 2 is 1.88 bits per heavy atom. The van der Waals surface area contributed by atoms with Crippen LogP contribution in [0.5, 0.6) is 0 Å². The highest BCUT2D eigenvalue weighted by Gasteiger charge is 2.14. The molecule has 1 aromatic heterocycles. The zero-order valence-corrected chi connectivity index (χ0v) is 14.3. The number of carbonyl (C=O) groups is 2. The number of fused-ring (bicyclic) bond motifs is 1. The summed E-state index contributed by atoms with van der Waals surface area (Å²) in [5, 5.41) is 14.8. The number of hydrogen-bond acceptors (Lipinski definition) is 3. The predicted molar refractivity (Wildman–Crippen MR) is 97.7 cm³/mol. The smallest absolute Gasteiger partial charge is 0.319 e. The Morgan fingerprint density at radius 1 is 1.12 bits per heavy atom. The number of H-pyrrole nitrogens is 1. The molecule has 0 bridgehead atoms. The topological polar surface area (TPSA) is 98.9 Å². The van der Waals surface area contributed by atoms with E-state index in [0.29, 0.717) is 16.8 Å². The van der Waals surface area contributed by atoms with Gasteiger partial charge < -0.3 is 16.0 Å². The number of carbonyl (C=O) groups excluding carboxylic acids is 2. The minimum Gasteiger partial charge on any atom is -0.336 e. The van der Waals surface area contributed by atoms with Crippen LogP contribution >= 0.6 is 0 Å². The maximum absolute atomic E-state index is 14.0. The summed E-state index contributed by atoms with van der Waals surface area (Å²) >= 11 is 0. The number of benzene rings is 2. The van der Waals surface area contributed by atoms with Crippen LogP contribution in [0.25, 0.3) is 10.9 Å². The molecule has 0 saturated heterocycles. The molecular formula is C18H18FN5O2. The molecular weight excluding hydrogens is 337 g/mol. The van der Waals surface area contributed by atoms with Gasteiger partial charge in [-0.2, -0.15) is 5.10 Å². The first-order valence-corrected chi connectivity index (χ1v) is 8.05. The van der Waals surface area contributed by atoms with Gasteiger partial charge in [0.25, 0.3) is 5.91 Å². The van der Waals surface area contributed by atoms with E-state index in [4.69, 9.17) is 0 Å². The van der Waals surface area contributed by atoms with E-state index in [0.717, 1.165) is 0 Å². The Balaban J connectivity index is 1.77. The van der Waals surface area contributed by atoms with Crippen LogP contribution in [0.15, 0.2) is 42.5 Å². The quantitative estimate of drug-likeness (QED) is 0.576. The lowest BCUT2D eigenvalue weighted by Gasteiger charge is -2.11. The number of aromatic amines is 1. The summed E-state index contributed by atoms with van der Waals surface area (Å²) < 4.78 is 14.0. The van der Waals surface area contributed by atoms with Gasteiger partial charge in [-0.1, -0.05) is 12.1 Å². The van der Waals surface area contributed by atoms with Crippen molar-refractivity contribution in [2.75, 3.05) is 10.6 Å². The van der Waals surface area contributed by atoms with E-state index in [1.165, 1.54) is 12.1 Å². The average Bonchev–Trinajstić information content (AvgIpc) is 2.98. The molecule has 0 aliphatic heterocycles. The summed E-state index contributed by atoms with van der Waals surface area (Å²) in [6.07, 6.45) is 0. The first-order valence-electron chi connectivity index (χ1n) is 8.05. The number of halogens is 1. The maximum atomic E-state index is 14.0. The van der Waals surface area contributed by atoms with Crippen molar-refractivity contribution in [2.45, 2.75) is 19.9 Å². The SMILES string of the molecule is CC(C)NC(=O)Nc1cccc(C(=O)Nc2n[nH]c3cccc(F)c23)c1. The first kappa shape index (κ1) is 17.4. The molecule has 0 aliphatic rings. The van der Waals surface area contributed by atoms with Gasteiger partial charge in [0.05, 0.1) is 10.9 Å². The highest BCUT2D eigenvalue weighted by Crippen LogP contribution is 2.24. The average molecular weight is 355 g/mol. The largest absolute Gasteiger partial charge is 0.336 e. The van der Waals surface area contributed by atoms with E-state index in [-0.39, 0.29) is 23.3 Å². The molecule has 0 fully saturated rings.